The van der Waals surface area contributed by atoms with Gasteiger partial charge in [-0.1, -0.05) is 0 Å². The molecule has 0 amide bonds. The number of aromatic nitrogens is 2. The summed E-state index contributed by atoms with van der Waals surface area (Å²) in [7, 11) is 0. The molecule has 0 aliphatic carbocycles. The van der Waals surface area contributed by atoms with Crippen LogP contribution >= 0.6 is 0 Å². The Morgan fingerprint density at radius 3 is 3.07 bits per heavy atom. The Morgan fingerprint density at radius 1 is 1.40 bits per heavy atom. The minimum absolute atomic E-state index is 0.463. The van der Waals surface area contributed by atoms with E-state index in [1.54, 1.807) is 18.5 Å². The van der Waals surface area contributed by atoms with Gasteiger partial charge < -0.3 is 15.5 Å². The van der Waals surface area contributed by atoms with Crippen LogP contribution in [0.15, 0.2) is 35.1 Å². The summed E-state index contributed by atoms with van der Waals surface area (Å²) in [6, 6.07) is 5.45. The molecule has 0 spiro atoms. The van der Waals surface area contributed by atoms with E-state index in [-0.39, 0.29) is 0 Å². The van der Waals surface area contributed by atoms with Gasteiger partial charge in [0.15, 0.2) is 0 Å². The average Bonchev–Trinajstić information content (AvgIpc) is 2.71. The van der Waals surface area contributed by atoms with Gasteiger partial charge in [0, 0.05) is 19.2 Å². The Hall–Kier alpha value is -2.04. The predicted octanol–water partition coefficient (Wildman–Crippen LogP) is 1.31. The summed E-state index contributed by atoms with van der Waals surface area (Å²) >= 11 is 0. The molecule has 0 atom stereocenters. The molecule has 2 rings (SSSR count). The lowest BCUT2D eigenvalue weighted by atomic mass is 10.3. The van der Waals surface area contributed by atoms with E-state index in [2.05, 4.69) is 15.3 Å². The highest BCUT2D eigenvalue weighted by Gasteiger charge is 1.97. The van der Waals surface area contributed by atoms with Crippen LogP contribution < -0.4 is 11.1 Å². The number of hydrogen-bond acceptors (Lipinski definition) is 5. The van der Waals surface area contributed by atoms with Crippen LogP contribution in [-0.2, 0) is 6.42 Å². The van der Waals surface area contributed by atoms with Crippen LogP contribution in [0, 0.1) is 0 Å². The van der Waals surface area contributed by atoms with Crippen molar-refractivity contribution in [3.05, 3.63) is 36.4 Å². The summed E-state index contributed by atoms with van der Waals surface area (Å²) in [5.74, 6) is 1.94. The van der Waals surface area contributed by atoms with Crippen molar-refractivity contribution >= 4 is 11.8 Å². The van der Waals surface area contributed by atoms with Crippen LogP contribution in [0.4, 0.5) is 11.8 Å². The normalized spacial score (nSPS) is 10.1. The molecule has 3 N–H and O–H groups in total. The highest BCUT2D eigenvalue weighted by molar-refractivity contribution is 5.34. The van der Waals surface area contributed by atoms with Gasteiger partial charge in [0.05, 0.1) is 6.26 Å². The van der Waals surface area contributed by atoms with E-state index < -0.39 is 0 Å². The Balaban J connectivity index is 1.83. The molecule has 0 aromatic carbocycles. The Kier molecular flexibility index (Phi) is 2.82. The first-order valence-corrected chi connectivity index (χ1v) is 4.69. The number of furan rings is 1. The summed E-state index contributed by atoms with van der Waals surface area (Å²) in [6.07, 6.45) is 4.08. The summed E-state index contributed by atoms with van der Waals surface area (Å²) in [5, 5.41) is 3.06. The quantitative estimate of drug-likeness (QED) is 0.785. The van der Waals surface area contributed by atoms with Gasteiger partial charge in [-0.25, -0.2) is 4.98 Å². The first-order valence-electron chi connectivity index (χ1n) is 4.69. The number of anilines is 2. The molecule has 0 radical (unpaired) electrons. The Morgan fingerprint density at radius 2 is 2.33 bits per heavy atom. The van der Waals surface area contributed by atoms with Gasteiger partial charge in [-0.05, 0) is 18.2 Å². The first kappa shape index (κ1) is 9.51. The van der Waals surface area contributed by atoms with Gasteiger partial charge in [0.25, 0.3) is 0 Å². The van der Waals surface area contributed by atoms with Crippen LogP contribution in [0.2, 0.25) is 0 Å². The Bertz CT molecular complexity index is 413. The van der Waals surface area contributed by atoms with Crippen molar-refractivity contribution in [3.63, 3.8) is 0 Å². The van der Waals surface area contributed by atoms with E-state index in [1.165, 1.54) is 0 Å². The number of nitrogens with two attached hydrogens (primary N) is 1. The fourth-order valence-electron chi connectivity index (χ4n) is 1.21. The third-order valence-electron chi connectivity index (χ3n) is 1.91. The fourth-order valence-corrected chi connectivity index (χ4v) is 1.21. The smallest absolute Gasteiger partial charge is 0.224 e. The lowest BCUT2D eigenvalue weighted by molar-refractivity contribution is 0.512. The largest absolute Gasteiger partial charge is 0.469 e. The number of rotatable bonds is 4. The SMILES string of the molecule is Nc1ccnc(NCCc2ccco2)n1. The third-order valence-corrected chi connectivity index (χ3v) is 1.91. The first-order chi connectivity index (χ1) is 7.34. The van der Waals surface area contributed by atoms with E-state index >= 15 is 0 Å². The van der Waals surface area contributed by atoms with Crippen molar-refractivity contribution in [2.45, 2.75) is 6.42 Å². The summed E-state index contributed by atoms with van der Waals surface area (Å²) in [5.41, 5.74) is 5.52. The molecule has 0 aliphatic heterocycles. The number of hydrogen-bond donors (Lipinski definition) is 2. The number of nitrogen functional groups attached to an aromatic ring is 1. The van der Waals surface area contributed by atoms with Gasteiger partial charge in [0.1, 0.15) is 11.6 Å². The van der Waals surface area contributed by atoms with E-state index in [0.29, 0.717) is 11.8 Å². The average molecular weight is 204 g/mol. The second-order valence-corrected chi connectivity index (χ2v) is 3.06. The van der Waals surface area contributed by atoms with Gasteiger partial charge in [-0.15, -0.1) is 0 Å². The maximum atomic E-state index is 5.52. The lowest BCUT2D eigenvalue weighted by Crippen LogP contribution is -2.08. The van der Waals surface area contributed by atoms with E-state index in [0.717, 1.165) is 18.7 Å². The van der Waals surface area contributed by atoms with Crippen LogP contribution in [0.3, 0.4) is 0 Å². The monoisotopic (exact) mass is 204 g/mol. The van der Waals surface area contributed by atoms with Crippen molar-refractivity contribution in [1.29, 1.82) is 0 Å². The molecule has 5 heteroatoms. The van der Waals surface area contributed by atoms with Gasteiger partial charge in [-0.2, -0.15) is 4.98 Å². The molecule has 0 aliphatic rings. The van der Waals surface area contributed by atoms with Gasteiger partial charge >= 0.3 is 0 Å². The number of nitrogens with one attached hydrogen (secondary N) is 1. The molecule has 0 saturated heterocycles. The highest BCUT2D eigenvalue weighted by Crippen LogP contribution is 2.03. The molecule has 2 aromatic heterocycles. The second-order valence-electron chi connectivity index (χ2n) is 3.06. The zero-order valence-corrected chi connectivity index (χ0v) is 8.18. The molecule has 5 nitrogen and oxygen atoms in total. The molecule has 0 bridgehead atoms. The van der Waals surface area contributed by atoms with Crippen LogP contribution in [0.25, 0.3) is 0 Å². The molecule has 15 heavy (non-hydrogen) atoms. The minimum atomic E-state index is 0.463. The molecule has 2 aromatic rings. The highest BCUT2D eigenvalue weighted by atomic mass is 16.3. The maximum absolute atomic E-state index is 5.52. The van der Waals surface area contributed by atoms with Crippen LogP contribution in [-0.4, -0.2) is 16.5 Å². The van der Waals surface area contributed by atoms with E-state index in [4.69, 9.17) is 10.2 Å². The molecule has 0 saturated carbocycles. The molecule has 0 fully saturated rings. The molecule has 78 valence electrons. The predicted molar refractivity (Wildman–Crippen MR) is 57.3 cm³/mol. The fraction of sp³-hybridized carbons (Fsp3) is 0.200. The van der Waals surface area contributed by atoms with Gasteiger partial charge in [-0.3, -0.25) is 0 Å². The van der Waals surface area contributed by atoms with Crippen molar-refractivity contribution in [2.24, 2.45) is 0 Å². The van der Waals surface area contributed by atoms with E-state index in [9.17, 15) is 0 Å². The molecule has 2 heterocycles. The summed E-state index contributed by atoms with van der Waals surface area (Å²) in [6.45, 7) is 0.719. The summed E-state index contributed by atoms with van der Waals surface area (Å²) < 4.78 is 5.19. The van der Waals surface area contributed by atoms with E-state index in [1.807, 2.05) is 12.1 Å². The van der Waals surface area contributed by atoms with Crippen molar-refractivity contribution in [3.8, 4) is 0 Å². The van der Waals surface area contributed by atoms with Crippen LogP contribution in [0.5, 0.6) is 0 Å². The van der Waals surface area contributed by atoms with Crippen molar-refractivity contribution in [2.75, 3.05) is 17.6 Å². The zero-order valence-electron chi connectivity index (χ0n) is 8.18. The van der Waals surface area contributed by atoms with Gasteiger partial charge in [0.2, 0.25) is 5.95 Å². The van der Waals surface area contributed by atoms with Crippen molar-refractivity contribution < 1.29 is 4.42 Å². The maximum Gasteiger partial charge on any atom is 0.224 e. The lowest BCUT2D eigenvalue weighted by Gasteiger charge is -2.02. The zero-order chi connectivity index (χ0) is 10.5. The molecular weight excluding hydrogens is 192 g/mol. The topological polar surface area (TPSA) is 77.0 Å². The van der Waals surface area contributed by atoms with Crippen LogP contribution in [0.1, 0.15) is 5.76 Å². The number of nitrogens with zero attached hydrogens (tertiary/aromatic N) is 2. The second kappa shape index (κ2) is 4.45. The molecule has 0 unspecified atom stereocenters. The summed E-state index contributed by atoms with van der Waals surface area (Å²) in [4.78, 5) is 8.04. The standard InChI is InChI=1S/C10H12N4O/c11-9-4-6-13-10(14-9)12-5-3-8-2-1-7-15-8/h1-2,4,6-7H,3,5H2,(H3,11,12,13,14). The van der Waals surface area contributed by atoms with Crippen molar-refractivity contribution in [1.82, 2.24) is 9.97 Å². The molecular formula is C10H12N4O. The third kappa shape index (κ3) is 2.70. The minimum Gasteiger partial charge on any atom is -0.469 e. The Labute approximate surface area is 87.3 Å².